The lowest BCUT2D eigenvalue weighted by Crippen LogP contribution is -2.25. The Kier molecular flexibility index (Phi) is 4.45. The molecule has 0 radical (unpaired) electrons. The number of carbonyl (C=O) groups excluding carboxylic acids is 1. The molecule has 1 amide bonds. The number of rotatable bonds is 4. The minimum atomic E-state index is -0.170. The van der Waals surface area contributed by atoms with E-state index in [9.17, 15) is 4.79 Å². The highest BCUT2D eigenvalue weighted by atomic mass is 16.7. The van der Waals surface area contributed by atoms with Crippen LogP contribution in [0.1, 0.15) is 55.0 Å². The number of nitrogens with one attached hydrogen (secondary N) is 1. The van der Waals surface area contributed by atoms with Crippen LogP contribution in [0.15, 0.2) is 30.5 Å². The van der Waals surface area contributed by atoms with Crippen LogP contribution >= 0.6 is 0 Å². The SMILES string of the molecule is CCc1c(C(=O)NCc2ccc3c(c2)OCO3)cnc2cc(C(C)(C)C)nn12. The zero-order valence-electron chi connectivity index (χ0n) is 16.6. The Labute approximate surface area is 163 Å². The third-order valence-corrected chi connectivity index (χ3v) is 4.82. The molecule has 4 rings (SSSR count). The second-order valence-electron chi connectivity index (χ2n) is 7.89. The number of ether oxygens (including phenoxy) is 2. The van der Waals surface area contributed by atoms with Crippen molar-refractivity contribution in [1.82, 2.24) is 19.9 Å². The lowest BCUT2D eigenvalue weighted by atomic mass is 9.93. The number of hydrogen-bond acceptors (Lipinski definition) is 5. The molecule has 0 unspecified atom stereocenters. The summed E-state index contributed by atoms with van der Waals surface area (Å²) in [5.74, 6) is 1.26. The molecule has 0 aliphatic carbocycles. The summed E-state index contributed by atoms with van der Waals surface area (Å²) in [6, 6.07) is 7.63. The molecule has 0 saturated carbocycles. The van der Waals surface area contributed by atoms with Crippen molar-refractivity contribution in [2.75, 3.05) is 6.79 Å². The van der Waals surface area contributed by atoms with Crippen LogP contribution in [-0.4, -0.2) is 27.3 Å². The van der Waals surface area contributed by atoms with Gasteiger partial charge in [-0.3, -0.25) is 4.79 Å². The molecule has 1 aromatic carbocycles. The fourth-order valence-corrected chi connectivity index (χ4v) is 3.21. The van der Waals surface area contributed by atoms with Gasteiger partial charge in [0.1, 0.15) is 0 Å². The van der Waals surface area contributed by atoms with Gasteiger partial charge in [0.2, 0.25) is 6.79 Å². The molecule has 2 aromatic heterocycles. The average Bonchev–Trinajstić information content (AvgIpc) is 3.30. The maximum atomic E-state index is 12.8. The van der Waals surface area contributed by atoms with Crippen molar-refractivity contribution in [3.63, 3.8) is 0 Å². The van der Waals surface area contributed by atoms with Gasteiger partial charge in [-0.1, -0.05) is 33.8 Å². The van der Waals surface area contributed by atoms with Crippen LogP contribution in [-0.2, 0) is 18.4 Å². The second kappa shape index (κ2) is 6.82. The number of carbonyl (C=O) groups is 1. The number of aromatic nitrogens is 3. The predicted molar refractivity (Wildman–Crippen MR) is 105 cm³/mol. The summed E-state index contributed by atoms with van der Waals surface area (Å²) in [6.45, 7) is 8.97. The molecule has 0 atom stereocenters. The molecule has 1 N–H and O–H groups in total. The monoisotopic (exact) mass is 380 g/mol. The first kappa shape index (κ1) is 18.3. The maximum absolute atomic E-state index is 12.8. The Bertz CT molecular complexity index is 1050. The largest absolute Gasteiger partial charge is 0.454 e. The van der Waals surface area contributed by atoms with Crippen molar-refractivity contribution in [3.05, 3.63) is 53.0 Å². The molecular formula is C21H24N4O3. The Hall–Kier alpha value is -3.09. The molecule has 3 aromatic rings. The quantitative estimate of drug-likeness (QED) is 0.752. The van der Waals surface area contributed by atoms with Crippen molar-refractivity contribution >= 4 is 11.6 Å². The van der Waals surface area contributed by atoms with Crippen LogP contribution in [0.25, 0.3) is 5.65 Å². The van der Waals surface area contributed by atoms with Gasteiger partial charge >= 0.3 is 0 Å². The van der Waals surface area contributed by atoms with Gasteiger partial charge in [0.05, 0.1) is 17.0 Å². The fourth-order valence-electron chi connectivity index (χ4n) is 3.21. The Balaban J connectivity index is 1.58. The van der Waals surface area contributed by atoms with E-state index in [1.165, 1.54) is 0 Å². The number of amides is 1. The van der Waals surface area contributed by atoms with Crippen LogP contribution < -0.4 is 14.8 Å². The number of aryl methyl sites for hydroxylation is 1. The zero-order chi connectivity index (χ0) is 19.9. The van der Waals surface area contributed by atoms with Crippen molar-refractivity contribution in [2.24, 2.45) is 0 Å². The third-order valence-electron chi connectivity index (χ3n) is 4.82. The minimum absolute atomic E-state index is 0.0828. The van der Waals surface area contributed by atoms with Gasteiger partial charge < -0.3 is 14.8 Å². The van der Waals surface area contributed by atoms with E-state index in [-0.39, 0.29) is 18.1 Å². The van der Waals surface area contributed by atoms with E-state index in [0.29, 0.717) is 24.3 Å². The van der Waals surface area contributed by atoms with E-state index in [0.717, 1.165) is 28.3 Å². The summed E-state index contributed by atoms with van der Waals surface area (Å²) in [6.07, 6.45) is 2.31. The summed E-state index contributed by atoms with van der Waals surface area (Å²) in [5, 5.41) is 7.67. The Morgan fingerprint density at radius 3 is 2.75 bits per heavy atom. The van der Waals surface area contributed by atoms with E-state index >= 15 is 0 Å². The zero-order valence-corrected chi connectivity index (χ0v) is 16.6. The number of fused-ring (bicyclic) bond motifs is 2. The summed E-state index contributed by atoms with van der Waals surface area (Å²) in [7, 11) is 0. The predicted octanol–water partition coefficient (Wildman–Crippen LogP) is 3.25. The molecule has 1 aliphatic heterocycles. The first-order valence-electron chi connectivity index (χ1n) is 9.41. The lowest BCUT2D eigenvalue weighted by molar-refractivity contribution is 0.0948. The van der Waals surface area contributed by atoms with Crippen LogP contribution in [0.4, 0.5) is 0 Å². The molecule has 0 bridgehead atoms. The van der Waals surface area contributed by atoms with Crippen molar-refractivity contribution in [1.29, 1.82) is 0 Å². The van der Waals surface area contributed by atoms with Gasteiger partial charge in [-0.2, -0.15) is 5.10 Å². The van der Waals surface area contributed by atoms with Gasteiger partial charge in [-0.25, -0.2) is 9.50 Å². The molecule has 1 aliphatic rings. The standard InChI is InChI=1S/C21H24N4O3/c1-5-15-14(11-22-19-9-18(21(2,3)4)24-25(15)19)20(26)23-10-13-6-7-16-17(8-13)28-12-27-16/h6-9,11H,5,10,12H2,1-4H3,(H,23,26). The van der Waals surface area contributed by atoms with Crippen LogP contribution in [0, 0.1) is 0 Å². The summed E-state index contributed by atoms with van der Waals surface area (Å²) in [5.41, 5.74) is 3.96. The summed E-state index contributed by atoms with van der Waals surface area (Å²) >= 11 is 0. The first-order chi connectivity index (χ1) is 13.4. The first-order valence-corrected chi connectivity index (χ1v) is 9.41. The molecule has 0 spiro atoms. The van der Waals surface area contributed by atoms with E-state index in [1.807, 2.05) is 31.2 Å². The topological polar surface area (TPSA) is 77.8 Å². The molecule has 0 fully saturated rings. The smallest absolute Gasteiger partial charge is 0.254 e. The molecule has 7 heteroatoms. The fraction of sp³-hybridized carbons (Fsp3) is 0.381. The highest BCUT2D eigenvalue weighted by Crippen LogP contribution is 2.32. The normalized spacial score (nSPS) is 13.1. The van der Waals surface area contributed by atoms with Crippen LogP contribution in [0.3, 0.4) is 0 Å². The van der Waals surface area contributed by atoms with Gasteiger partial charge in [-0.15, -0.1) is 0 Å². The summed E-state index contributed by atoms with van der Waals surface area (Å²) < 4.78 is 12.5. The number of nitrogens with zero attached hydrogens (tertiary/aromatic N) is 3. The van der Waals surface area contributed by atoms with E-state index in [1.54, 1.807) is 10.7 Å². The molecular weight excluding hydrogens is 356 g/mol. The van der Waals surface area contributed by atoms with E-state index in [4.69, 9.17) is 14.6 Å². The average molecular weight is 380 g/mol. The Morgan fingerprint density at radius 1 is 1.21 bits per heavy atom. The molecule has 7 nitrogen and oxygen atoms in total. The van der Waals surface area contributed by atoms with Crippen LogP contribution in [0.5, 0.6) is 11.5 Å². The van der Waals surface area contributed by atoms with Gasteiger partial charge in [0.15, 0.2) is 17.1 Å². The highest BCUT2D eigenvalue weighted by molar-refractivity contribution is 5.95. The van der Waals surface area contributed by atoms with Crippen molar-refractivity contribution < 1.29 is 14.3 Å². The maximum Gasteiger partial charge on any atom is 0.254 e. The summed E-state index contributed by atoms with van der Waals surface area (Å²) in [4.78, 5) is 17.3. The van der Waals surface area contributed by atoms with E-state index in [2.05, 4.69) is 31.1 Å². The molecule has 3 heterocycles. The number of benzene rings is 1. The third kappa shape index (κ3) is 3.28. The van der Waals surface area contributed by atoms with Gasteiger partial charge in [0.25, 0.3) is 5.91 Å². The molecule has 146 valence electrons. The minimum Gasteiger partial charge on any atom is -0.454 e. The molecule has 0 saturated heterocycles. The number of hydrogen-bond donors (Lipinski definition) is 1. The van der Waals surface area contributed by atoms with Gasteiger partial charge in [-0.05, 0) is 24.1 Å². The Morgan fingerprint density at radius 2 is 2.00 bits per heavy atom. The van der Waals surface area contributed by atoms with Crippen molar-refractivity contribution in [2.45, 2.75) is 46.1 Å². The second-order valence-corrected chi connectivity index (χ2v) is 7.89. The van der Waals surface area contributed by atoms with Crippen molar-refractivity contribution in [3.8, 4) is 11.5 Å². The molecule has 28 heavy (non-hydrogen) atoms. The lowest BCUT2D eigenvalue weighted by Gasteiger charge is -2.14. The van der Waals surface area contributed by atoms with Crippen LogP contribution in [0.2, 0.25) is 0 Å². The van der Waals surface area contributed by atoms with E-state index < -0.39 is 0 Å². The van der Waals surface area contributed by atoms with Gasteiger partial charge in [0, 0.05) is 24.2 Å². The highest BCUT2D eigenvalue weighted by Gasteiger charge is 2.21.